The average Bonchev–Trinajstić information content (AvgIpc) is 2.83. The first-order chi connectivity index (χ1) is 9.09. The number of aliphatic hydroxyl groups is 1. The Balaban J connectivity index is 1.86. The smallest absolute Gasteiger partial charge is 0.244 e. The predicted octanol–water partition coefficient (Wildman–Crippen LogP) is 1.62. The molecule has 19 heavy (non-hydrogen) atoms. The van der Waals surface area contributed by atoms with E-state index in [4.69, 9.17) is 16.3 Å². The molecule has 4 nitrogen and oxygen atoms in total. The van der Waals surface area contributed by atoms with E-state index in [1.54, 1.807) is 12.1 Å². The summed E-state index contributed by atoms with van der Waals surface area (Å²) in [6.45, 7) is 0.988. The fourth-order valence-electron chi connectivity index (χ4n) is 1.82. The minimum Gasteiger partial charge on any atom is -0.386 e. The number of nitrogens with one attached hydrogen (secondary N) is 1. The van der Waals surface area contributed by atoms with Gasteiger partial charge in [0.2, 0.25) is 5.91 Å². The summed E-state index contributed by atoms with van der Waals surface area (Å²) in [6, 6.07) is 7.26. The number of hydrogen-bond donors (Lipinski definition) is 2. The SMILES string of the molecule is O=C(/C=C/c1ccccc1Cl)NC[C@@]1(O)CCOC1. The quantitative estimate of drug-likeness (QED) is 0.825. The molecular formula is C14H16ClNO3. The van der Waals surface area contributed by atoms with E-state index in [0.717, 1.165) is 5.56 Å². The minimum absolute atomic E-state index is 0.193. The molecule has 0 aliphatic carbocycles. The Morgan fingerprint density at radius 1 is 1.53 bits per heavy atom. The van der Waals surface area contributed by atoms with Gasteiger partial charge >= 0.3 is 0 Å². The molecule has 102 valence electrons. The third kappa shape index (κ3) is 4.06. The van der Waals surface area contributed by atoms with Crippen LogP contribution >= 0.6 is 11.6 Å². The van der Waals surface area contributed by atoms with Crippen LogP contribution in [0, 0.1) is 0 Å². The van der Waals surface area contributed by atoms with Crippen LogP contribution < -0.4 is 5.32 Å². The number of benzene rings is 1. The van der Waals surface area contributed by atoms with E-state index >= 15 is 0 Å². The molecule has 2 N–H and O–H groups in total. The maximum Gasteiger partial charge on any atom is 0.244 e. The third-order valence-corrected chi connectivity index (χ3v) is 3.34. The summed E-state index contributed by atoms with van der Waals surface area (Å²) in [5, 5.41) is 13.2. The minimum atomic E-state index is -0.937. The highest BCUT2D eigenvalue weighted by molar-refractivity contribution is 6.32. The van der Waals surface area contributed by atoms with Crippen molar-refractivity contribution in [3.8, 4) is 0 Å². The zero-order chi connectivity index (χ0) is 13.7. The highest BCUT2D eigenvalue weighted by Gasteiger charge is 2.32. The van der Waals surface area contributed by atoms with Crippen molar-refractivity contribution in [1.82, 2.24) is 5.32 Å². The van der Waals surface area contributed by atoms with Gasteiger partial charge in [-0.25, -0.2) is 0 Å². The van der Waals surface area contributed by atoms with Crippen molar-refractivity contribution >= 4 is 23.6 Å². The highest BCUT2D eigenvalue weighted by atomic mass is 35.5. The largest absolute Gasteiger partial charge is 0.386 e. The van der Waals surface area contributed by atoms with Gasteiger partial charge in [-0.05, 0) is 17.7 Å². The zero-order valence-electron chi connectivity index (χ0n) is 10.4. The molecule has 1 aromatic carbocycles. The summed E-state index contributed by atoms with van der Waals surface area (Å²) >= 11 is 5.97. The molecule has 0 spiro atoms. The standard InChI is InChI=1S/C14H16ClNO3/c15-12-4-2-1-3-11(12)5-6-13(17)16-9-14(18)7-8-19-10-14/h1-6,18H,7-10H2,(H,16,17)/b6-5+/t14-/m0/s1. The average molecular weight is 282 g/mol. The van der Waals surface area contributed by atoms with Crippen molar-refractivity contribution in [2.75, 3.05) is 19.8 Å². The lowest BCUT2D eigenvalue weighted by Gasteiger charge is -2.19. The van der Waals surface area contributed by atoms with Gasteiger partial charge in [0.15, 0.2) is 0 Å². The second kappa shape index (κ2) is 6.19. The molecule has 0 radical (unpaired) electrons. The van der Waals surface area contributed by atoms with Gasteiger partial charge < -0.3 is 15.2 Å². The number of halogens is 1. The van der Waals surface area contributed by atoms with E-state index in [9.17, 15) is 9.90 Å². The topological polar surface area (TPSA) is 58.6 Å². The number of carbonyl (C=O) groups is 1. The molecule has 1 atom stereocenters. The van der Waals surface area contributed by atoms with Crippen LogP contribution in [0.3, 0.4) is 0 Å². The van der Waals surface area contributed by atoms with Gasteiger partial charge in [0, 0.05) is 30.7 Å². The molecule has 1 fully saturated rings. The molecule has 5 heteroatoms. The summed E-state index contributed by atoms with van der Waals surface area (Å²) in [5.74, 6) is -0.264. The van der Waals surface area contributed by atoms with Crippen molar-refractivity contribution in [3.05, 3.63) is 40.9 Å². The Labute approximate surface area is 117 Å². The van der Waals surface area contributed by atoms with Crippen LogP contribution in [-0.2, 0) is 9.53 Å². The van der Waals surface area contributed by atoms with E-state index in [1.807, 2.05) is 18.2 Å². The first-order valence-electron chi connectivity index (χ1n) is 6.10. The first-order valence-corrected chi connectivity index (χ1v) is 6.47. The predicted molar refractivity (Wildman–Crippen MR) is 73.9 cm³/mol. The van der Waals surface area contributed by atoms with Crippen molar-refractivity contribution in [3.63, 3.8) is 0 Å². The third-order valence-electron chi connectivity index (χ3n) is 2.99. The van der Waals surface area contributed by atoms with Gasteiger partial charge in [-0.2, -0.15) is 0 Å². The fraction of sp³-hybridized carbons (Fsp3) is 0.357. The summed E-state index contributed by atoms with van der Waals surface area (Å²) in [6.07, 6.45) is 3.59. The lowest BCUT2D eigenvalue weighted by Crippen LogP contribution is -2.42. The number of carbonyl (C=O) groups excluding carboxylic acids is 1. The molecule has 1 amide bonds. The van der Waals surface area contributed by atoms with Crippen LogP contribution in [0.1, 0.15) is 12.0 Å². The Kier molecular flexibility index (Phi) is 4.58. The van der Waals surface area contributed by atoms with Gasteiger partial charge in [0.05, 0.1) is 6.61 Å². The molecule has 0 aromatic heterocycles. The number of amides is 1. The fourth-order valence-corrected chi connectivity index (χ4v) is 2.02. The van der Waals surface area contributed by atoms with Crippen LogP contribution in [0.4, 0.5) is 0 Å². The van der Waals surface area contributed by atoms with Crippen LogP contribution in [0.2, 0.25) is 5.02 Å². The van der Waals surface area contributed by atoms with E-state index in [2.05, 4.69) is 5.32 Å². The van der Waals surface area contributed by atoms with Crippen LogP contribution in [-0.4, -0.2) is 36.4 Å². The number of hydrogen-bond acceptors (Lipinski definition) is 3. The lowest BCUT2D eigenvalue weighted by molar-refractivity contribution is -0.117. The van der Waals surface area contributed by atoms with Gasteiger partial charge in [-0.3, -0.25) is 4.79 Å². The number of ether oxygens (including phenoxy) is 1. The summed E-state index contributed by atoms with van der Waals surface area (Å²) < 4.78 is 5.10. The van der Waals surface area contributed by atoms with Gasteiger partial charge in [0.1, 0.15) is 5.60 Å². The monoisotopic (exact) mass is 281 g/mol. The normalized spacial score (nSPS) is 22.8. The Morgan fingerprint density at radius 3 is 3.00 bits per heavy atom. The van der Waals surface area contributed by atoms with Crippen molar-refractivity contribution in [1.29, 1.82) is 0 Å². The van der Waals surface area contributed by atoms with E-state index in [1.165, 1.54) is 6.08 Å². The van der Waals surface area contributed by atoms with Crippen LogP contribution in [0.15, 0.2) is 30.3 Å². The van der Waals surface area contributed by atoms with Gasteiger partial charge in [-0.15, -0.1) is 0 Å². The lowest BCUT2D eigenvalue weighted by atomic mass is 10.0. The molecule has 1 saturated heterocycles. The van der Waals surface area contributed by atoms with Gasteiger partial charge in [0.25, 0.3) is 0 Å². The summed E-state index contributed by atoms with van der Waals surface area (Å²) in [5.41, 5.74) is -0.157. The van der Waals surface area contributed by atoms with E-state index in [-0.39, 0.29) is 19.1 Å². The molecule has 0 bridgehead atoms. The molecule has 0 saturated carbocycles. The number of rotatable bonds is 4. The highest BCUT2D eigenvalue weighted by Crippen LogP contribution is 2.17. The Morgan fingerprint density at radius 2 is 2.32 bits per heavy atom. The summed E-state index contributed by atoms with van der Waals surface area (Å²) in [7, 11) is 0. The van der Waals surface area contributed by atoms with E-state index in [0.29, 0.717) is 18.1 Å². The van der Waals surface area contributed by atoms with Crippen molar-refractivity contribution < 1.29 is 14.6 Å². The Bertz CT molecular complexity index is 481. The molecule has 1 heterocycles. The first kappa shape index (κ1) is 14.1. The van der Waals surface area contributed by atoms with Gasteiger partial charge in [-0.1, -0.05) is 29.8 Å². The second-order valence-electron chi connectivity index (χ2n) is 4.60. The molecule has 1 aliphatic rings. The second-order valence-corrected chi connectivity index (χ2v) is 5.01. The zero-order valence-corrected chi connectivity index (χ0v) is 11.2. The van der Waals surface area contributed by atoms with Crippen molar-refractivity contribution in [2.45, 2.75) is 12.0 Å². The van der Waals surface area contributed by atoms with E-state index < -0.39 is 5.60 Å². The maximum absolute atomic E-state index is 11.6. The molecule has 0 unspecified atom stereocenters. The molecule has 1 aromatic rings. The molecular weight excluding hydrogens is 266 g/mol. The van der Waals surface area contributed by atoms with Crippen molar-refractivity contribution in [2.24, 2.45) is 0 Å². The summed E-state index contributed by atoms with van der Waals surface area (Å²) in [4.78, 5) is 11.6. The molecule has 1 aliphatic heterocycles. The molecule has 2 rings (SSSR count). The van der Waals surface area contributed by atoms with Crippen LogP contribution in [0.25, 0.3) is 6.08 Å². The Hall–Kier alpha value is -1.36. The van der Waals surface area contributed by atoms with Crippen LogP contribution in [0.5, 0.6) is 0 Å². The maximum atomic E-state index is 11.6.